The second kappa shape index (κ2) is 6.18. The van der Waals surface area contributed by atoms with Crippen LogP contribution in [0, 0.1) is 11.2 Å². The minimum Gasteiger partial charge on any atom is -0.497 e. The van der Waals surface area contributed by atoms with Crippen LogP contribution in [-0.4, -0.2) is 18.2 Å². The molecule has 0 saturated carbocycles. The first-order chi connectivity index (χ1) is 10.4. The molecule has 0 spiro atoms. The van der Waals surface area contributed by atoms with Crippen molar-refractivity contribution in [2.24, 2.45) is 5.41 Å². The van der Waals surface area contributed by atoms with Crippen LogP contribution in [0.15, 0.2) is 48.5 Å². The number of carbonyl (C=O) groups is 1. The van der Waals surface area contributed by atoms with E-state index in [0.717, 1.165) is 5.56 Å². The Labute approximate surface area is 129 Å². The Morgan fingerprint density at radius 1 is 1.18 bits per heavy atom. The van der Waals surface area contributed by atoms with Gasteiger partial charge in [0.15, 0.2) is 0 Å². The van der Waals surface area contributed by atoms with Crippen molar-refractivity contribution >= 4 is 5.97 Å². The number of hydrogen-bond donors (Lipinski definition) is 1. The fraction of sp³-hybridized carbons (Fsp3) is 0.278. The van der Waals surface area contributed by atoms with E-state index in [1.54, 1.807) is 26.0 Å². The Morgan fingerprint density at radius 2 is 1.82 bits per heavy atom. The van der Waals surface area contributed by atoms with Crippen molar-refractivity contribution in [3.63, 3.8) is 0 Å². The van der Waals surface area contributed by atoms with Gasteiger partial charge < -0.3 is 9.84 Å². The number of carboxylic acids is 1. The van der Waals surface area contributed by atoms with Gasteiger partial charge in [-0.05, 0) is 31.0 Å². The zero-order valence-electron chi connectivity index (χ0n) is 12.8. The number of hydrogen-bond acceptors (Lipinski definition) is 2. The molecule has 0 amide bonds. The third-order valence-electron chi connectivity index (χ3n) is 3.92. The molecule has 0 radical (unpaired) electrons. The summed E-state index contributed by atoms with van der Waals surface area (Å²) < 4.78 is 19.5. The van der Waals surface area contributed by atoms with Gasteiger partial charge in [0.25, 0.3) is 0 Å². The topological polar surface area (TPSA) is 46.5 Å². The average molecular weight is 302 g/mol. The second-order valence-electron chi connectivity index (χ2n) is 5.76. The Hall–Kier alpha value is -2.36. The number of ether oxygens (including phenoxy) is 1. The van der Waals surface area contributed by atoms with Gasteiger partial charge in [-0.1, -0.05) is 36.4 Å². The van der Waals surface area contributed by atoms with Gasteiger partial charge in [-0.15, -0.1) is 0 Å². The predicted molar refractivity (Wildman–Crippen MR) is 82.7 cm³/mol. The van der Waals surface area contributed by atoms with Crippen LogP contribution in [0.4, 0.5) is 4.39 Å². The highest BCUT2D eigenvalue weighted by atomic mass is 19.1. The standard InChI is InChI=1S/C18H19FO3/c1-18(2,17(20)21)16(12-7-5-4-6-8-12)14-10-9-13(22-3)11-15(14)19/h4-11,16H,1-3H3,(H,20,21). The lowest BCUT2D eigenvalue weighted by molar-refractivity contribution is -0.147. The smallest absolute Gasteiger partial charge is 0.310 e. The maximum absolute atomic E-state index is 14.5. The molecule has 0 saturated heterocycles. The molecular formula is C18H19FO3. The Balaban J connectivity index is 2.62. The van der Waals surface area contributed by atoms with E-state index < -0.39 is 23.1 Å². The van der Waals surface area contributed by atoms with E-state index in [-0.39, 0.29) is 0 Å². The van der Waals surface area contributed by atoms with Gasteiger partial charge >= 0.3 is 5.97 Å². The van der Waals surface area contributed by atoms with E-state index >= 15 is 0 Å². The van der Waals surface area contributed by atoms with Gasteiger partial charge in [0, 0.05) is 12.0 Å². The van der Waals surface area contributed by atoms with Crippen molar-refractivity contribution in [2.45, 2.75) is 19.8 Å². The molecule has 0 bridgehead atoms. The van der Waals surface area contributed by atoms with E-state index in [1.165, 1.54) is 13.2 Å². The van der Waals surface area contributed by atoms with E-state index in [2.05, 4.69) is 0 Å². The first kappa shape index (κ1) is 16.0. The molecule has 0 aliphatic carbocycles. The molecule has 1 unspecified atom stereocenters. The fourth-order valence-corrected chi connectivity index (χ4v) is 2.62. The summed E-state index contributed by atoms with van der Waals surface area (Å²) in [5.41, 5.74) is -0.0464. The number of benzene rings is 2. The van der Waals surface area contributed by atoms with Crippen molar-refractivity contribution < 1.29 is 19.0 Å². The van der Waals surface area contributed by atoms with Crippen LogP contribution >= 0.6 is 0 Å². The first-order valence-corrected chi connectivity index (χ1v) is 6.99. The highest BCUT2D eigenvalue weighted by Crippen LogP contribution is 2.42. The molecule has 0 aliphatic heterocycles. The summed E-state index contributed by atoms with van der Waals surface area (Å²) >= 11 is 0. The Kier molecular flexibility index (Phi) is 4.50. The molecule has 22 heavy (non-hydrogen) atoms. The summed E-state index contributed by atoms with van der Waals surface area (Å²) in [5, 5.41) is 9.58. The van der Waals surface area contributed by atoms with Crippen molar-refractivity contribution in [1.29, 1.82) is 0 Å². The van der Waals surface area contributed by atoms with Crippen molar-refractivity contribution in [3.8, 4) is 5.75 Å². The minimum absolute atomic E-state index is 0.347. The molecule has 0 fully saturated rings. The van der Waals surface area contributed by atoms with Crippen LogP contribution in [0.2, 0.25) is 0 Å². The molecule has 4 heteroatoms. The SMILES string of the molecule is COc1ccc(C(c2ccccc2)C(C)(C)C(=O)O)c(F)c1. The lowest BCUT2D eigenvalue weighted by Gasteiger charge is -2.31. The number of aliphatic carboxylic acids is 1. The van der Waals surface area contributed by atoms with Crippen LogP contribution in [0.5, 0.6) is 5.75 Å². The van der Waals surface area contributed by atoms with Gasteiger partial charge in [0.1, 0.15) is 11.6 Å². The summed E-state index contributed by atoms with van der Waals surface area (Å²) in [4.78, 5) is 11.7. The molecule has 0 aromatic heterocycles. The van der Waals surface area contributed by atoms with Gasteiger partial charge in [-0.2, -0.15) is 0 Å². The highest BCUT2D eigenvalue weighted by Gasteiger charge is 2.40. The molecule has 1 atom stereocenters. The predicted octanol–water partition coefficient (Wildman–Crippen LogP) is 4.08. The second-order valence-corrected chi connectivity index (χ2v) is 5.76. The van der Waals surface area contributed by atoms with Crippen molar-refractivity contribution in [1.82, 2.24) is 0 Å². The van der Waals surface area contributed by atoms with Crippen molar-refractivity contribution in [3.05, 3.63) is 65.5 Å². The molecule has 2 rings (SSSR count). The summed E-state index contributed by atoms with van der Waals surface area (Å²) in [7, 11) is 1.46. The largest absolute Gasteiger partial charge is 0.497 e. The summed E-state index contributed by atoms with van der Waals surface area (Å²) in [6, 6.07) is 13.6. The monoisotopic (exact) mass is 302 g/mol. The molecular weight excluding hydrogens is 283 g/mol. The third kappa shape index (κ3) is 2.96. The number of methoxy groups -OCH3 is 1. The minimum atomic E-state index is -1.16. The summed E-state index contributed by atoms with van der Waals surface area (Å²) in [6.45, 7) is 3.22. The van der Waals surface area contributed by atoms with Gasteiger partial charge in [-0.25, -0.2) is 4.39 Å². The van der Waals surface area contributed by atoms with E-state index in [0.29, 0.717) is 11.3 Å². The highest BCUT2D eigenvalue weighted by molar-refractivity contribution is 5.76. The van der Waals surface area contributed by atoms with Gasteiger partial charge in [-0.3, -0.25) is 4.79 Å². The summed E-state index contributed by atoms with van der Waals surface area (Å²) in [6.07, 6.45) is 0. The van der Waals surface area contributed by atoms with Crippen LogP contribution in [0.3, 0.4) is 0 Å². The Morgan fingerprint density at radius 3 is 2.32 bits per heavy atom. The normalized spacial score (nSPS) is 12.7. The van der Waals surface area contributed by atoms with Crippen LogP contribution < -0.4 is 4.74 Å². The Bertz CT molecular complexity index is 665. The molecule has 1 N–H and O–H groups in total. The first-order valence-electron chi connectivity index (χ1n) is 6.99. The molecule has 0 heterocycles. The summed E-state index contributed by atoms with van der Waals surface area (Å²) in [5.74, 6) is -1.64. The van der Waals surface area contributed by atoms with E-state index in [9.17, 15) is 14.3 Å². The lowest BCUT2D eigenvalue weighted by atomic mass is 9.71. The zero-order chi connectivity index (χ0) is 16.3. The molecule has 0 aliphatic rings. The fourth-order valence-electron chi connectivity index (χ4n) is 2.62. The zero-order valence-corrected chi connectivity index (χ0v) is 12.8. The molecule has 2 aromatic carbocycles. The lowest BCUT2D eigenvalue weighted by Crippen LogP contribution is -2.32. The maximum Gasteiger partial charge on any atom is 0.310 e. The number of rotatable bonds is 5. The van der Waals surface area contributed by atoms with E-state index in [1.807, 2.05) is 30.3 Å². The third-order valence-corrected chi connectivity index (χ3v) is 3.92. The van der Waals surface area contributed by atoms with Crippen LogP contribution in [0.1, 0.15) is 30.9 Å². The maximum atomic E-state index is 14.5. The number of carboxylic acid groups (broad SMARTS) is 1. The van der Waals surface area contributed by atoms with Crippen LogP contribution in [-0.2, 0) is 4.79 Å². The molecule has 2 aromatic rings. The average Bonchev–Trinajstić information content (AvgIpc) is 2.50. The quantitative estimate of drug-likeness (QED) is 0.905. The van der Waals surface area contributed by atoms with Crippen LogP contribution in [0.25, 0.3) is 0 Å². The number of halogens is 1. The van der Waals surface area contributed by atoms with Gasteiger partial charge in [0.05, 0.1) is 12.5 Å². The van der Waals surface area contributed by atoms with Gasteiger partial charge in [0.2, 0.25) is 0 Å². The van der Waals surface area contributed by atoms with E-state index in [4.69, 9.17) is 4.74 Å². The molecule has 3 nitrogen and oxygen atoms in total. The molecule has 116 valence electrons. The van der Waals surface area contributed by atoms with Crippen molar-refractivity contribution in [2.75, 3.05) is 7.11 Å².